The molecule has 0 aromatic heterocycles. The minimum Gasteiger partial charge on any atom is -0.346 e. The first kappa shape index (κ1) is 19.8. The van der Waals surface area contributed by atoms with Crippen LogP contribution in [0, 0.1) is 0 Å². The number of amides is 1. The van der Waals surface area contributed by atoms with Gasteiger partial charge in [-0.05, 0) is 79.1 Å². The van der Waals surface area contributed by atoms with E-state index in [1.165, 1.54) is 46.4 Å². The zero-order valence-corrected chi connectivity index (χ0v) is 17.7. The maximum atomic E-state index is 12.7. The molecule has 2 nitrogen and oxygen atoms in total. The van der Waals surface area contributed by atoms with Crippen LogP contribution in [-0.2, 0) is 18.6 Å². The number of carbonyl (C=O) groups excluding carboxylic acids is 1. The molecule has 0 spiro atoms. The smallest absolute Gasteiger partial charge is 0.251 e. The number of rotatable bonds is 6. The van der Waals surface area contributed by atoms with Crippen molar-refractivity contribution in [2.45, 2.75) is 49.3 Å². The van der Waals surface area contributed by atoms with Crippen LogP contribution in [0.25, 0.3) is 0 Å². The Kier molecular flexibility index (Phi) is 6.36. The second-order valence-corrected chi connectivity index (χ2v) is 8.78. The van der Waals surface area contributed by atoms with E-state index in [-0.39, 0.29) is 11.9 Å². The molecule has 0 fully saturated rings. The zero-order chi connectivity index (χ0) is 20.1. The Labute approximate surface area is 177 Å². The van der Waals surface area contributed by atoms with Crippen molar-refractivity contribution in [3.63, 3.8) is 0 Å². The molecule has 0 unspecified atom stereocenters. The summed E-state index contributed by atoms with van der Waals surface area (Å²) >= 11 is 1.81. The SMILES string of the molecule is C[C@H](NC(=O)c1ccc(CSc2ccccc2)cc1)c1ccc2c(c1)CCCC2. The number of fused-ring (bicyclic) bond motifs is 1. The molecule has 1 atom stereocenters. The van der Waals surface area contributed by atoms with Gasteiger partial charge in [0.15, 0.2) is 0 Å². The van der Waals surface area contributed by atoms with Crippen molar-refractivity contribution in [1.82, 2.24) is 5.32 Å². The molecule has 0 saturated heterocycles. The highest BCUT2D eigenvalue weighted by Crippen LogP contribution is 2.25. The summed E-state index contributed by atoms with van der Waals surface area (Å²) in [6.45, 7) is 2.06. The third kappa shape index (κ3) is 5.10. The van der Waals surface area contributed by atoms with Gasteiger partial charge in [-0.3, -0.25) is 4.79 Å². The summed E-state index contributed by atoms with van der Waals surface area (Å²) in [4.78, 5) is 13.9. The summed E-state index contributed by atoms with van der Waals surface area (Å²) in [5.41, 5.74) is 6.05. The van der Waals surface area contributed by atoms with Crippen LogP contribution in [0.4, 0.5) is 0 Å². The van der Waals surface area contributed by atoms with E-state index in [0.29, 0.717) is 5.56 Å². The molecule has 1 aliphatic rings. The lowest BCUT2D eigenvalue weighted by Crippen LogP contribution is -2.26. The highest BCUT2D eigenvalue weighted by Gasteiger charge is 2.15. The van der Waals surface area contributed by atoms with E-state index in [9.17, 15) is 4.79 Å². The van der Waals surface area contributed by atoms with Gasteiger partial charge in [-0.1, -0.05) is 48.5 Å². The zero-order valence-electron chi connectivity index (χ0n) is 16.9. The molecule has 0 bridgehead atoms. The number of thioether (sulfide) groups is 1. The Balaban J connectivity index is 1.35. The molecule has 4 rings (SSSR count). The van der Waals surface area contributed by atoms with Crippen LogP contribution in [0.3, 0.4) is 0 Å². The van der Waals surface area contributed by atoms with Crippen molar-refractivity contribution in [2.75, 3.05) is 0 Å². The van der Waals surface area contributed by atoms with Crippen LogP contribution in [0.2, 0.25) is 0 Å². The Morgan fingerprint density at radius 2 is 1.66 bits per heavy atom. The second kappa shape index (κ2) is 9.32. The molecular formula is C26H27NOS. The van der Waals surface area contributed by atoms with Gasteiger partial charge in [0, 0.05) is 16.2 Å². The minimum absolute atomic E-state index is 0.00281. The summed E-state index contributed by atoms with van der Waals surface area (Å²) in [6, 6.07) is 25.0. The summed E-state index contributed by atoms with van der Waals surface area (Å²) in [7, 11) is 0. The molecule has 0 radical (unpaired) electrons. The first-order valence-electron chi connectivity index (χ1n) is 10.4. The quantitative estimate of drug-likeness (QED) is 0.488. The second-order valence-electron chi connectivity index (χ2n) is 7.73. The molecule has 148 valence electrons. The van der Waals surface area contributed by atoms with Crippen molar-refractivity contribution in [1.29, 1.82) is 0 Å². The number of aryl methyl sites for hydroxylation is 2. The van der Waals surface area contributed by atoms with Crippen molar-refractivity contribution < 1.29 is 4.79 Å². The lowest BCUT2D eigenvalue weighted by molar-refractivity contribution is 0.0940. The predicted molar refractivity (Wildman–Crippen MR) is 121 cm³/mol. The fraction of sp³-hybridized carbons (Fsp3) is 0.269. The third-order valence-electron chi connectivity index (χ3n) is 5.58. The number of hydrogen-bond donors (Lipinski definition) is 1. The summed E-state index contributed by atoms with van der Waals surface area (Å²) in [6.07, 6.45) is 4.90. The average molecular weight is 402 g/mol. The lowest BCUT2D eigenvalue weighted by Gasteiger charge is -2.20. The molecule has 29 heavy (non-hydrogen) atoms. The largest absolute Gasteiger partial charge is 0.346 e. The van der Waals surface area contributed by atoms with Crippen molar-refractivity contribution in [3.8, 4) is 0 Å². The van der Waals surface area contributed by atoms with Crippen molar-refractivity contribution >= 4 is 17.7 Å². The van der Waals surface area contributed by atoms with E-state index >= 15 is 0 Å². The highest BCUT2D eigenvalue weighted by atomic mass is 32.2. The molecule has 1 aliphatic carbocycles. The minimum atomic E-state index is -0.0162. The van der Waals surface area contributed by atoms with Gasteiger partial charge in [-0.2, -0.15) is 0 Å². The summed E-state index contributed by atoms with van der Waals surface area (Å²) in [5, 5.41) is 3.15. The van der Waals surface area contributed by atoms with Gasteiger partial charge in [-0.15, -0.1) is 11.8 Å². The van der Waals surface area contributed by atoms with Gasteiger partial charge in [0.25, 0.3) is 5.91 Å². The monoisotopic (exact) mass is 401 g/mol. The van der Waals surface area contributed by atoms with Crippen LogP contribution in [-0.4, -0.2) is 5.91 Å². The Hall–Kier alpha value is -2.52. The lowest BCUT2D eigenvalue weighted by atomic mass is 9.89. The van der Waals surface area contributed by atoms with E-state index in [2.05, 4.69) is 66.8 Å². The molecule has 3 aromatic rings. The molecule has 1 amide bonds. The Bertz CT molecular complexity index is 966. The molecule has 3 aromatic carbocycles. The van der Waals surface area contributed by atoms with Gasteiger partial charge in [0.1, 0.15) is 0 Å². The predicted octanol–water partition coefficient (Wildman–Crippen LogP) is 6.35. The number of hydrogen-bond acceptors (Lipinski definition) is 2. The van der Waals surface area contributed by atoms with Crippen LogP contribution < -0.4 is 5.32 Å². The third-order valence-corrected chi connectivity index (χ3v) is 6.67. The van der Waals surface area contributed by atoms with E-state index in [1.54, 1.807) is 11.8 Å². The number of benzene rings is 3. The van der Waals surface area contributed by atoms with Gasteiger partial charge in [0.2, 0.25) is 0 Å². The maximum absolute atomic E-state index is 12.7. The highest BCUT2D eigenvalue weighted by molar-refractivity contribution is 7.98. The van der Waals surface area contributed by atoms with E-state index < -0.39 is 0 Å². The Morgan fingerprint density at radius 1 is 0.931 bits per heavy atom. The number of nitrogens with one attached hydrogen (secondary N) is 1. The summed E-state index contributed by atoms with van der Waals surface area (Å²) in [5.74, 6) is 0.884. The topological polar surface area (TPSA) is 29.1 Å². The van der Waals surface area contributed by atoms with Crippen molar-refractivity contribution in [3.05, 3.63) is 101 Å². The normalized spacial score (nSPS) is 14.1. The van der Waals surface area contributed by atoms with E-state index in [1.807, 2.05) is 18.2 Å². The van der Waals surface area contributed by atoms with Crippen LogP contribution in [0.1, 0.15) is 58.4 Å². The van der Waals surface area contributed by atoms with Crippen LogP contribution >= 0.6 is 11.8 Å². The van der Waals surface area contributed by atoms with E-state index in [4.69, 9.17) is 0 Å². The molecule has 0 aliphatic heterocycles. The average Bonchev–Trinajstić information content (AvgIpc) is 2.78. The van der Waals surface area contributed by atoms with Gasteiger partial charge in [0.05, 0.1) is 6.04 Å². The molecular weight excluding hydrogens is 374 g/mol. The van der Waals surface area contributed by atoms with Gasteiger partial charge in [-0.25, -0.2) is 0 Å². The van der Waals surface area contributed by atoms with Gasteiger partial charge >= 0.3 is 0 Å². The van der Waals surface area contributed by atoms with Gasteiger partial charge < -0.3 is 5.32 Å². The standard InChI is InChI=1S/C26H27NOS/c1-19(23-16-15-21-7-5-6-8-24(21)17-23)27-26(28)22-13-11-20(12-14-22)18-29-25-9-3-2-4-10-25/h2-4,9-17,19H,5-8,18H2,1H3,(H,27,28)/t19-/m0/s1. The van der Waals surface area contributed by atoms with E-state index in [0.717, 1.165) is 12.2 Å². The first-order chi connectivity index (χ1) is 14.2. The molecule has 3 heteroatoms. The molecule has 0 saturated carbocycles. The number of carbonyl (C=O) groups is 1. The maximum Gasteiger partial charge on any atom is 0.251 e. The van der Waals surface area contributed by atoms with Crippen LogP contribution in [0.5, 0.6) is 0 Å². The first-order valence-corrected chi connectivity index (χ1v) is 11.4. The fourth-order valence-corrected chi connectivity index (χ4v) is 4.70. The summed E-state index contributed by atoms with van der Waals surface area (Å²) < 4.78 is 0. The fourth-order valence-electron chi connectivity index (χ4n) is 3.82. The molecule has 0 heterocycles. The molecule has 1 N–H and O–H groups in total. The van der Waals surface area contributed by atoms with Crippen molar-refractivity contribution in [2.24, 2.45) is 0 Å². The van der Waals surface area contributed by atoms with Crippen LogP contribution in [0.15, 0.2) is 77.7 Å². The Morgan fingerprint density at radius 3 is 2.41 bits per heavy atom.